The smallest absolute Gasteiger partial charge is 0.150 e. The van der Waals surface area contributed by atoms with Crippen LogP contribution in [0, 0.1) is 0 Å². The lowest BCUT2D eigenvalue weighted by molar-refractivity contribution is 0.637. The van der Waals surface area contributed by atoms with Gasteiger partial charge in [0.1, 0.15) is 5.82 Å². The molecule has 0 saturated heterocycles. The van der Waals surface area contributed by atoms with Gasteiger partial charge in [0.05, 0.1) is 6.54 Å². The van der Waals surface area contributed by atoms with Gasteiger partial charge >= 0.3 is 0 Å². The molecule has 4 heteroatoms. The van der Waals surface area contributed by atoms with Gasteiger partial charge in [-0.2, -0.15) is 5.10 Å². The van der Waals surface area contributed by atoms with Crippen LogP contribution in [0.1, 0.15) is 43.5 Å². The van der Waals surface area contributed by atoms with Crippen molar-refractivity contribution < 1.29 is 0 Å². The Morgan fingerprint density at radius 1 is 1.00 bits per heavy atom. The van der Waals surface area contributed by atoms with Crippen LogP contribution in [0.25, 0.3) is 0 Å². The molecule has 0 saturated carbocycles. The number of aryl methyl sites for hydroxylation is 2. The number of nitrogens with one attached hydrogen (secondary N) is 1. The van der Waals surface area contributed by atoms with E-state index in [1.54, 1.807) is 0 Å². The number of nitrogens with zero attached hydrogens (tertiary/aromatic N) is 3. The van der Waals surface area contributed by atoms with Crippen molar-refractivity contribution in [3.8, 4) is 0 Å². The number of aromatic nitrogens is 3. The van der Waals surface area contributed by atoms with Gasteiger partial charge in [0.25, 0.3) is 0 Å². The number of benzene rings is 1. The molecule has 21 heavy (non-hydrogen) atoms. The van der Waals surface area contributed by atoms with Gasteiger partial charge in [0, 0.05) is 12.8 Å². The summed E-state index contributed by atoms with van der Waals surface area (Å²) < 4.78 is 2.03. The second kappa shape index (κ2) is 7.93. The molecule has 0 aliphatic rings. The Balaban J connectivity index is 2.01. The highest BCUT2D eigenvalue weighted by molar-refractivity contribution is 5.23. The van der Waals surface area contributed by atoms with Crippen molar-refractivity contribution in [1.29, 1.82) is 0 Å². The van der Waals surface area contributed by atoms with Crippen LogP contribution < -0.4 is 5.32 Å². The average molecular weight is 286 g/mol. The van der Waals surface area contributed by atoms with Crippen LogP contribution in [0.15, 0.2) is 24.3 Å². The van der Waals surface area contributed by atoms with Crippen LogP contribution in [0.5, 0.6) is 0 Å². The SMILES string of the molecule is CCNCCc1ccc(Cn2nc(CC)nc2CC)cc1. The molecule has 1 heterocycles. The molecule has 4 nitrogen and oxygen atoms in total. The molecule has 1 aromatic heterocycles. The Bertz CT molecular complexity index is 542. The van der Waals surface area contributed by atoms with Crippen molar-refractivity contribution in [2.75, 3.05) is 13.1 Å². The van der Waals surface area contributed by atoms with Crippen molar-refractivity contribution in [3.63, 3.8) is 0 Å². The number of hydrogen-bond donors (Lipinski definition) is 1. The summed E-state index contributed by atoms with van der Waals surface area (Å²) in [5, 5.41) is 7.93. The summed E-state index contributed by atoms with van der Waals surface area (Å²) in [4.78, 5) is 4.55. The summed E-state index contributed by atoms with van der Waals surface area (Å²) in [5.74, 6) is 2.01. The normalized spacial score (nSPS) is 11.0. The molecule has 1 aromatic carbocycles. The molecular formula is C17H26N4. The summed E-state index contributed by atoms with van der Waals surface area (Å²) >= 11 is 0. The minimum atomic E-state index is 0.809. The predicted molar refractivity (Wildman–Crippen MR) is 86.6 cm³/mol. The summed E-state index contributed by atoms with van der Waals surface area (Å²) in [5.41, 5.74) is 2.66. The van der Waals surface area contributed by atoms with E-state index in [4.69, 9.17) is 0 Å². The Morgan fingerprint density at radius 2 is 1.71 bits per heavy atom. The molecule has 0 unspecified atom stereocenters. The second-order valence-corrected chi connectivity index (χ2v) is 5.23. The van der Waals surface area contributed by atoms with Crippen LogP contribution in [0.4, 0.5) is 0 Å². The van der Waals surface area contributed by atoms with Crippen molar-refractivity contribution in [2.24, 2.45) is 0 Å². The first-order chi connectivity index (χ1) is 10.3. The van der Waals surface area contributed by atoms with E-state index in [9.17, 15) is 0 Å². The third-order valence-electron chi connectivity index (χ3n) is 3.62. The first-order valence-corrected chi connectivity index (χ1v) is 7.97. The highest BCUT2D eigenvalue weighted by atomic mass is 15.3. The minimum Gasteiger partial charge on any atom is -0.317 e. The second-order valence-electron chi connectivity index (χ2n) is 5.23. The van der Waals surface area contributed by atoms with Crippen molar-refractivity contribution in [2.45, 2.75) is 46.6 Å². The van der Waals surface area contributed by atoms with Gasteiger partial charge in [-0.3, -0.25) is 0 Å². The van der Waals surface area contributed by atoms with Gasteiger partial charge in [0.2, 0.25) is 0 Å². The fourth-order valence-corrected chi connectivity index (χ4v) is 2.36. The van der Waals surface area contributed by atoms with Crippen molar-refractivity contribution in [1.82, 2.24) is 20.1 Å². The number of likely N-dealkylation sites (N-methyl/N-ethyl adjacent to an activating group) is 1. The monoisotopic (exact) mass is 286 g/mol. The molecule has 2 rings (SSSR count). The lowest BCUT2D eigenvalue weighted by atomic mass is 10.1. The van der Waals surface area contributed by atoms with Gasteiger partial charge in [-0.15, -0.1) is 0 Å². The molecule has 0 aliphatic carbocycles. The quantitative estimate of drug-likeness (QED) is 0.759. The van der Waals surface area contributed by atoms with Crippen molar-refractivity contribution >= 4 is 0 Å². The molecule has 1 N–H and O–H groups in total. The molecule has 0 amide bonds. The summed E-state index contributed by atoms with van der Waals surface area (Å²) in [7, 11) is 0. The van der Waals surface area contributed by atoms with Gasteiger partial charge in [-0.1, -0.05) is 45.0 Å². The fraction of sp³-hybridized carbons (Fsp3) is 0.529. The van der Waals surface area contributed by atoms with E-state index < -0.39 is 0 Å². The highest BCUT2D eigenvalue weighted by Crippen LogP contribution is 2.09. The molecule has 0 radical (unpaired) electrons. The minimum absolute atomic E-state index is 0.809. The van der Waals surface area contributed by atoms with Gasteiger partial charge in [-0.25, -0.2) is 9.67 Å². The fourth-order valence-electron chi connectivity index (χ4n) is 2.36. The standard InChI is InChI=1S/C17H26N4/c1-4-16-19-17(5-2)21(20-16)13-15-9-7-14(8-10-15)11-12-18-6-3/h7-10,18H,4-6,11-13H2,1-3H3. The zero-order valence-electron chi connectivity index (χ0n) is 13.4. The summed E-state index contributed by atoms with van der Waals surface area (Å²) in [6, 6.07) is 8.84. The molecule has 0 fully saturated rings. The number of hydrogen-bond acceptors (Lipinski definition) is 3. The predicted octanol–water partition coefficient (Wildman–Crippen LogP) is 2.60. The van der Waals surface area contributed by atoms with Crippen LogP contribution >= 0.6 is 0 Å². The first-order valence-electron chi connectivity index (χ1n) is 7.97. The van der Waals surface area contributed by atoms with Crippen LogP contribution in [0.2, 0.25) is 0 Å². The third kappa shape index (κ3) is 4.39. The summed E-state index contributed by atoms with van der Waals surface area (Å²) in [6.07, 6.45) is 2.90. The Hall–Kier alpha value is -1.68. The maximum atomic E-state index is 4.57. The Morgan fingerprint density at radius 3 is 2.33 bits per heavy atom. The molecule has 114 valence electrons. The van der Waals surface area contributed by atoms with Gasteiger partial charge < -0.3 is 5.32 Å². The average Bonchev–Trinajstić information content (AvgIpc) is 2.91. The van der Waals surface area contributed by atoms with E-state index in [-0.39, 0.29) is 0 Å². The zero-order chi connectivity index (χ0) is 15.1. The van der Waals surface area contributed by atoms with E-state index in [1.165, 1.54) is 11.1 Å². The van der Waals surface area contributed by atoms with Crippen molar-refractivity contribution in [3.05, 3.63) is 47.0 Å². The van der Waals surface area contributed by atoms with E-state index in [0.717, 1.165) is 50.5 Å². The van der Waals surface area contributed by atoms with Gasteiger partial charge in [0.15, 0.2) is 5.82 Å². The first kappa shape index (κ1) is 15.7. The van der Waals surface area contributed by atoms with E-state index in [0.29, 0.717) is 0 Å². The Kier molecular flexibility index (Phi) is 5.93. The molecule has 0 aliphatic heterocycles. The largest absolute Gasteiger partial charge is 0.317 e. The van der Waals surface area contributed by atoms with E-state index >= 15 is 0 Å². The molecular weight excluding hydrogens is 260 g/mol. The maximum Gasteiger partial charge on any atom is 0.150 e. The lowest BCUT2D eigenvalue weighted by Crippen LogP contribution is -2.16. The lowest BCUT2D eigenvalue weighted by Gasteiger charge is -2.07. The Labute approximate surface area is 127 Å². The van der Waals surface area contributed by atoms with E-state index in [1.807, 2.05) is 4.68 Å². The summed E-state index contributed by atoms with van der Waals surface area (Å²) in [6.45, 7) is 9.24. The highest BCUT2D eigenvalue weighted by Gasteiger charge is 2.07. The van der Waals surface area contributed by atoms with Crippen LogP contribution in [-0.4, -0.2) is 27.9 Å². The number of rotatable bonds is 8. The van der Waals surface area contributed by atoms with E-state index in [2.05, 4.69) is 60.4 Å². The zero-order valence-corrected chi connectivity index (χ0v) is 13.4. The van der Waals surface area contributed by atoms with Crippen LogP contribution in [-0.2, 0) is 25.8 Å². The molecule has 0 atom stereocenters. The molecule has 0 bridgehead atoms. The van der Waals surface area contributed by atoms with Crippen LogP contribution in [0.3, 0.4) is 0 Å². The molecule has 0 spiro atoms. The third-order valence-corrected chi connectivity index (χ3v) is 3.62. The van der Waals surface area contributed by atoms with Gasteiger partial charge in [-0.05, 0) is 30.6 Å². The maximum absolute atomic E-state index is 4.57. The topological polar surface area (TPSA) is 42.7 Å². The molecule has 2 aromatic rings.